The first-order valence-electron chi connectivity index (χ1n) is 36.5. The van der Waals surface area contributed by atoms with Gasteiger partial charge in [0.15, 0.2) is 29.1 Å². The minimum atomic E-state index is -0.476. The van der Waals surface area contributed by atoms with Crippen LogP contribution in [0.2, 0.25) is 0 Å². The molecule has 2 spiro atoms. The highest BCUT2D eigenvalue weighted by molar-refractivity contribution is 7.21. The summed E-state index contributed by atoms with van der Waals surface area (Å²) in [6.45, 7) is 0. The van der Waals surface area contributed by atoms with Crippen LogP contribution in [0.4, 0.5) is 34.4 Å². The van der Waals surface area contributed by atoms with Gasteiger partial charge in [-0.3, -0.25) is 14.9 Å². The number of para-hydroxylation sites is 2. The molecule has 0 saturated heterocycles. The molecule has 2 aliphatic heterocycles. The summed E-state index contributed by atoms with van der Waals surface area (Å²) in [5.41, 5.74) is 23.5. The molecule has 0 radical (unpaired) electrons. The van der Waals surface area contributed by atoms with Crippen molar-refractivity contribution in [3.63, 3.8) is 0 Å². The highest BCUT2D eigenvalue weighted by atomic mass is 32.1. The molecule has 516 valence electrons. The fraction of sp³-hybridized carbons (Fsp3) is 0.0208. The highest BCUT2D eigenvalue weighted by Crippen LogP contribution is 2.68. The molecule has 0 unspecified atom stereocenters. The summed E-state index contributed by atoms with van der Waals surface area (Å²) in [6.07, 6.45) is 3.63. The van der Waals surface area contributed by atoms with Crippen molar-refractivity contribution in [3.8, 4) is 99.0 Å². The number of hydrogen-bond acceptors (Lipinski definition) is 14. The maximum atomic E-state index is 5.31. The van der Waals surface area contributed by atoms with Gasteiger partial charge in [0, 0.05) is 76.5 Å². The Hall–Kier alpha value is -13.3. The molecular weight excluding hydrogens is 1420 g/mol. The standard InChI is InChI=1S/C51H31N5S2.C45H27N5S2/c1-2-11-33(12-3-1)48-53-49(34-22-20-32(21-23-34)43-18-8-9-26-52-43)55-50(54-48)37-15-10-16-38(29-37)56-44-19-7-6-17-39(44)51(40-24-27-57-46(40)47-41(51)25-28-58-47)42-30-35-13-4-5-14-36(35)31-45(42)56;1-2-10-29(11-3-1)42-47-43(30-19-17-28(18-20-30)37-15-8-9-23-46-37)49-44(48-42)50-38-16-7-6-14-33(38)45(34-21-24-51-40(34)41-35(45)22-25-52-41)36-26-31-12-4-5-13-32(31)27-39(36)50/h1-31H;1-27H. The first-order valence-corrected chi connectivity index (χ1v) is 40.0. The lowest BCUT2D eigenvalue weighted by Crippen LogP contribution is -2.36. The van der Waals surface area contributed by atoms with E-state index in [1.165, 1.54) is 85.9 Å². The first-order chi connectivity index (χ1) is 54.5. The second-order valence-electron chi connectivity index (χ2n) is 27.7. The van der Waals surface area contributed by atoms with Crippen molar-refractivity contribution in [3.05, 3.63) is 394 Å². The zero-order valence-electron chi connectivity index (χ0n) is 58.6. The number of nitrogens with zero attached hydrogens (tertiary/aromatic N) is 10. The lowest BCUT2D eigenvalue weighted by molar-refractivity contribution is 0.754. The predicted molar refractivity (Wildman–Crippen MR) is 451 cm³/mol. The van der Waals surface area contributed by atoms with Gasteiger partial charge in [-0.25, -0.2) is 19.9 Å². The third-order valence-corrected chi connectivity index (χ3v) is 25.9. The Morgan fingerprint density at radius 2 is 0.573 bits per heavy atom. The van der Waals surface area contributed by atoms with Gasteiger partial charge in [0.2, 0.25) is 5.95 Å². The quantitative estimate of drug-likeness (QED) is 0.139. The second-order valence-corrected chi connectivity index (χ2v) is 31.4. The molecule has 11 aromatic carbocycles. The van der Waals surface area contributed by atoms with E-state index in [4.69, 9.17) is 29.9 Å². The molecule has 10 nitrogen and oxygen atoms in total. The Morgan fingerprint density at radius 1 is 0.227 bits per heavy atom. The molecule has 23 rings (SSSR count). The second kappa shape index (κ2) is 25.7. The van der Waals surface area contributed by atoms with Crippen molar-refractivity contribution in [1.82, 2.24) is 39.9 Å². The molecule has 14 heteroatoms. The first kappa shape index (κ1) is 63.9. The van der Waals surface area contributed by atoms with Crippen molar-refractivity contribution >= 4 is 101 Å². The summed E-state index contributed by atoms with van der Waals surface area (Å²) in [7, 11) is 0. The van der Waals surface area contributed by atoms with Crippen molar-refractivity contribution < 1.29 is 0 Å². The van der Waals surface area contributed by atoms with Crippen LogP contribution in [0.1, 0.15) is 44.5 Å². The monoisotopic (exact) mass is 1480 g/mol. The van der Waals surface area contributed by atoms with Crippen molar-refractivity contribution in [2.75, 3.05) is 9.80 Å². The molecule has 0 saturated carbocycles. The van der Waals surface area contributed by atoms with Gasteiger partial charge in [-0.1, -0.05) is 218 Å². The van der Waals surface area contributed by atoms with Crippen LogP contribution >= 0.6 is 45.3 Å². The van der Waals surface area contributed by atoms with Crippen LogP contribution in [0.25, 0.3) is 121 Å². The van der Waals surface area contributed by atoms with Crippen LogP contribution in [0, 0.1) is 0 Å². The van der Waals surface area contributed by atoms with Crippen LogP contribution in [0.15, 0.2) is 349 Å². The van der Waals surface area contributed by atoms with Crippen molar-refractivity contribution in [1.29, 1.82) is 0 Å². The molecule has 0 atom stereocenters. The van der Waals surface area contributed by atoms with Crippen molar-refractivity contribution in [2.45, 2.75) is 10.8 Å². The third kappa shape index (κ3) is 9.97. The minimum Gasteiger partial charge on any atom is -0.310 e. The van der Waals surface area contributed by atoms with Crippen LogP contribution in [-0.2, 0) is 10.8 Å². The smallest absolute Gasteiger partial charge is 0.238 e. The Morgan fingerprint density at radius 3 is 1.01 bits per heavy atom. The zero-order valence-corrected chi connectivity index (χ0v) is 61.9. The number of hydrogen-bond donors (Lipinski definition) is 0. The van der Waals surface area contributed by atoms with Crippen LogP contribution in [0.5, 0.6) is 0 Å². The number of thiophene rings is 4. The van der Waals surface area contributed by atoms with E-state index in [1.54, 1.807) is 0 Å². The van der Waals surface area contributed by atoms with E-state index in [9.17, 15) is 0 Å². The number of aromatic nitrogens is 8. The molecule has 2 aliphatic carbocycles. The predicted octanol–water partition coefficient (Wildman–Crippen LogP) is 25.0. The summed E-state index contributed by atoms with van der Waals surface area (Å²) in [4.78, 5) is 50.2. The highest BCUT2D eigenvalue weighted by Gasteiger charge is 2.55. The SMILES string of the molecule is c1ccc(-c2nc(-c3ccc(-c4ccccn4)cc3)nc(-c3cccc(N4c5ccccc5C5(c6cc7ccccc7cc64)c4ccsc4-c4sccc45)c3)n2)cc1.c1ccc(-c2nc(-c3ccc(-c4ccccn4)cc3)nc(N3c4ccccc4C4(c5cc6ccccc6cc53)c3ccsc3-c3sccc34)n2)cc1. The lowest BCUT2D eigenvalue weighted by Gasteiger charge is -2.44. The molecule has 10 heterocycles. The minimum absolute atomic E-state index is 0.436. The van der Waals surface area contributed by atoms with Gasteiger partial charge in [0.1, 0.15) is 0 Å². The Bertz CT molecular complexity index is 6740. The molecular formula is C96H58N10S4. The largest absolute Gasteiger partial charge is 0.310 e. The van der Waals surface area contributed by atoms with Gasteiger partial charge in [0.25, 0.3) is 0 Å². The third-order valence-electron chi connectivity index (χ3n) is 21.9. The number of anilines is 6. The average molecular weight is 1480 g/mol. The zero-order chi connectivity index (χ0) is 72.4. The maximum Gasteiger partial charge on any atom is 0.238 e. The van der Waals surface area contributed by atoms with Crippen LogP contribution in [-0.4, -0.2) is 39.9 Å². The molecule has 0 bridgehead atoms. The van der Waals surface area contributed by atoms with E-state index in [0.29, 0.717) is 35.1 Å². The maximum absolute atomic E-state index is 5.31. The number of fused-ring (bicyclic) bond motifs is 20. The van der Waals surface area contributed by atoms with Crippen LogP contribution < -0.4 is 9.80 Å². The molecule has 0 amide bonds. The van der Waals surface area contributed by atoms with E-state index in [-0.39, 0.29) is 0 Å². The number of benzene rings is 11. The number of rotatable bonds is 9. The van der Waals surface area contributed by atoms with E-state index >= 15 is 0 Å². The van der Waals surface area contributed by atoms with Crippen molar-refractivity contribution in [2.24, 2.45) is 0 Å². The Kier molecular flexibility index (Phi) is 14.9. The Labute approximate surface area is 649 Å². The summed E-state index contributed by atoms with van der Waals surface area (Å²) in [6, 6.07) is 112. The van der Waals surface area contributed by atoms with Gasteiger partial charge < -0.3 is 4.90 Å². The fourth-order valence-electron chi connectivity index (χ4n) is 17.1. The van der Waals surface area contributed by atoms with Gasteiger partial charge in [-0.15, -0.1) is 45.3 Å². The van der Waals surface area contributed by atoms with Gasteiger partial charge in [0.05, 0.1) is 45.0 Å². The van der Waals surface area contributed by atoms with E-state index in [1.807, 2.05) is 143 Å². The fourth-order valence-corrected chi connectivity index (χ4v) is 21.3. The topological polar surface area (TPSA) is 110 Å². The molecule has 8 aromatic heterocycles. The summed E-state index contributed by atoms with van der Waals surface area (Å²) >= 11 is 7.37. The van der Waals surface area contributed by atoms with E-state index < -0.39 is 10.8 Å². The van der Waals surface area contributed by atoms with Gasteiger partial charge in [-0.2, -0.15) is 9.97 Å². The van der Waals surface area contributed by atoms with Crippen LogP contribution in [0.3, 0.4) is 0 Å². The lowest BCUT2D eigenvalue weighted by atomic mass is 9.65. The number of pyridine rings is 2. The Balaban J connectivity index is 0.000000136. The van der Waals surface area contributed by atoms with Gasteiger partial charge in [-0.05, 0) is 185 Å². The molecule has 110 heavy (non-hydrogen) atoms. The average Bonchev–Trinajstić information content (AvgIpc) is 1.49. The summed E-state index contributed by atoms with van der Waals surface area (Å²) in [5, 5.41) is 13.8. The van der Waals surface area contributed by atoms with Gasteiger partial charge >= 0.3 is 0 Å². The molecule has 19 aromatic rings. The summed E-state index contributed by atoms with van der Waals surface area (Å²) < 4.78 is 0. The van der Waals surface area contributed by atoms with E-state index in [0.717, 1.165) is 78.5 Å². The molecule has 0 N–H and O–H groups in total. The normalized spacial score (nSPS) is 13.4. The van der Waals surface area contributed by atoms with E-state index in [2.05, 4.69) is 272 Å². The summed E-state index contributed by atoms with van der Waals surface area (Å²) in [5.74, 6) is 3.66. The molecule has 0 fully saturated rings. The molecule has 4 aliphatic rings.